The lowest BCUT2D eigenvalue weighted by molar-refractivity contribution is 1.18. The van der Waals surface area contributed by atoms with Crippen LogP contribution in [0.3, 0.4) is 0 Å². The fraction of sp³-hybridized carbons (Fsp3) is 0. The molecule has 0 saturated heterocycles. The smallest absolute Gasteiger partial charge is 0.160 e. The molecule has 0 aliphatic heterocycles. The van der Waals surface area contributed by atoms with Gasteiger partial charge in [0.1, 0.15) is 0 Å². The maximum Gasteiger partial charge on any atom is 0.160 e. The zero-order chi connectivity index (χ0) is 31.6. The Kier molecular flexibility index (Phi) is 7.62. The highest BCUT2D eigenvalue weighted by Gasteiger charge is 2.15. The minimum absolute atomic E-state index is 0.703. The van der Waals surface area contributed by atoms with E-state index in [1.165, 1.54) is 16.5 Å². The molecule has 47 heavy (non-hydrogen) atoms. The molecule has 0 radical (unpaired) electrons. The Bertz CT molecular complexity index is 2330. The van der Waals surface area contributed by atoms with Crippen LogP contribution < -0.4 is 0 Å². The molecule has 0 aliphatic carbocycles. The highest BCUT2D eigenvalue weighted by Crippen LogP contribution is 2.38. The second-order valence-electron chi connectivity index (χ2n) is 11.6. The van der Waals surface area contributed by atoms with Crippen LogP contribution in [0.5, 0.6) is 0 Å². The summed E-state index contributed by atoms with van der Waals surface area (Å²) in [5.41, 5.74) is 11.9. The van der Waals surface area contributed by atoms with Gasteiger partial charge < -0.3 is 0 Å². The molecule has 0 fully saturated rings. The minimum Gasteiger partial charge on any atom is -0.228 e. The minimum atomic E-state index is 0.703. The molecule has 0 saturated carbocycles. The van der Waals surface area contributed by atoms with E-state index in [-0.39, 0.29) is 0 Å². The van der Waals surface area contributed by atoms with E-state index in [1.807, 2.05) is 36.4 Å². The van der Waals surface area contributed by atoms with Crippen molar-refractivity contribution in [3.05, 3.63) is 181 Å². The van der Waals surface area contributed by atoms with Gasteiger partial charge in [-0.15, -0.1) is 0 Å². The predicted molar refractivity (Wildman–Crippen MR) is 197 cm³/mol. The molecule has 1 aromatic heterocycles. The monoisotopic (exact) mass is 620 g/mol. The van der Waals surface area contributed by atoms with E-state index >= 15 is 0 Å². The van der Waals surface area contributed by atoms with Gasteiger partial charge in [-0.25, -0.2) is 9.97 Å². The molecule has 0 amide bonds. The summed E-state index contributed by atoms with van der Waals surface area (Å²) in [5, 5.41) is 3.06. The van der Waals surface area contributed by atoms with Crippen molar-refractivity contribution in [3.8, 4) is 67.3 Å². The lowest BCUT2D eigenvalue weighted by Crippen LogP contribution is -1.97. The molecule has 2 nitrogen and oxygen atoms in total. The highest BCUT2D eigenvalue weighted by molar-refractivity contribution is 6.30. The van der Waals surface area contributed by atoms with Crippen molar-refractivity contribution in [1.29, 1.82) is 0 Å². The van der Waals surface area contributed by atoms with E-state index in [0.29, 0.717) is 5.82 Å². The second kappa shape index (κ2) is 12.5. The first-order chi connectivity index (χ1) is 23.2. The summed E-state index contributed by atoms with van der Waals surface area (Å²) in [6, 6.07) is 61.1. The Morgan fingerprint density at radius 3 is 1.51 bits per heavy atom. The largest absolute Gasteiger partial charge is 0.228 e. The number of fused-ring (bicyclic) bond motifs is 1. The zero-order valence-electron chi connectivity index (χ0n) is 25.5. The molecule has 0 unspecified atom stereocenters. The van der Waals surface area contributed by atoms with E-state index in [0.717, 1.165) is 60.7 Å². The van der Waals surface area contributed by atoms with Crippen LogP contribution in [0.4, 0.5) is 0 Å². The molecule has 0 atom stereocenters. The molecule has 7 aromatic carbocycles. The van der Waals surface area contributed by atoms with Crippen LogP contribution in [-0.2, 0) is 0 Å². The molecule has 0 bridgehead atoms. The van der Waals surface area contributed by atoms with Crippen molar-refractivity contribution >= 4 is 22.4 Å². The van der Waals surface area contributed by atoms with E-state index < -0.39 is 0 Å². The van der Waals surface area contributed by atoms with Gasteiger partial charge in [0.25, 0.3) is 0 Å². The van der Waals surface area contributed by atoms with E-state index in [9.17, 15) is 0 Å². The van der Waals surface area contributed by atoms with E-state index in [1.54, 1.807) is 0 Å². The van der Waals surface area contributed by atoms with Crippen molar-refractivity contribution in [2.24, 2.45) is 0 Å². The summed E-state index contributed by atoms with van der Waals surface area (Å²) in [4.78, 5) is 10.3. The fourth-order valence-corrected chi connectivity index (χ4v) is 6.32. The molecule has 0 spiro atoms. The maximum absolute atomic E-state index is 6.12. The standard InChI is InChI=1S/C44H29ClN2/c45-37-24-22-32(23-25-37)31-18-20-33(21-19-31)38-26-27-41(40-17-8-7-16-39(38)40)43-29-42(46-44(47-43)34-12-5-2-6-13-34)36-15-9-14-35(28-36)30-10-3-1-4-11-30/h1-29H. The summed E-state index contributed by atoms with van der Waals surface area (Å²) in [7, 11) is 0. The zero-order valence-corrected chi connectivity index (χ0v) is 26.3. The molecule has 0 aliphatic rings. The maximum atomic E-state index is 6.12. The van der Waals surface area contributed by atoms with Crippen molar-refractivity contribution in [2.75, 3.05) is 0 Å². The van der Waals surface area contributed by atoms with Crippen LogP contribution in [0, 0.1) is 0 Å². The number of benzene rings is 7. The Hall–Kier alpha value is -5.83. The Morgan fingerprint density at radius 2 is 0.809 bits per heavy atom. The quantitative estimate of drug-likeness (QED) is 0.185. The van der Waals surface area contributed by atoms with Crippen LogP contribution in [-0.4, -0.2) is 9.97 Å². The van der Waals surface area contributed by atoms with Gasteiger partial charge >= 0.3 is 0 Å². The van der Waals surface area contributed by atoms with Crippen molar-refractivity contribution in [2.45, 2.75) is 0 Å². The van der Waals surface area contributed by atoms with Crippen LogP contribution in [0.1, 0.15) is 0 Å². The summed E-state index contributed by atoms with van der Waals surface area (Å²) in [6.45, 7) is 0. The summed E-state index contributed by atoms with van der Waals surface area (Å²) < 4.78 is 0. The lowest BCUT2D eigenvalue weighted by Gasteiger charge is -2.14. The predicted octanol–water partition coefficient (Wildman–Crippen LogP) is 12.3. The third kappa shape index (κ3) is 5.83. The molecule has 0 N–H and O–H groups in total. The third-order valence-electron chi connectivity index (χ3n) is 8.60. The average molecular weight is 621 g/mol. The van der Waals surface area contributed by atoms with Crippen LogP contribution in [0.15, 0.2) is 176 Å². The molecule has 1 heterocycles. The van der Waals surface area contributed by atoms with E-state index in [4.69, 9.17) is 21.6 Å². The molecular weight excluding hydrogens is 592 g/mol. The Morgan fingerprint density at radius 1 is 0.319 bits per heavy atom. The van der Waals surface area contributed by atoms with Crippen molar-refractivity contribution in [1.82, 2.24) is 9.97 Å². The number of rotatable bonds is 6. The summed E-state index contributed by atoms with van der Waals surface area (Å²) >= 11 is 6.12. The number of hydrogen-bond acceptors (Lipinski definition) is 2. The number of halogens is 1. The van der Waals surface area contributed by atoms with Crippen LogP contribution in [0.2, 0.25) is 5.02 Å². The van der Waals surface area contributed by atoms with Gasteiger partial charge in [0.2, 0.25) is 0 Å². The molecule has 222 valence electrons. The van der Waals surface area contributed by atoms with Gasteiger partial charge in [-0.05, 0) is 68.4 Å². The van der Waals surface area contributed by atoms with Gasteiger partial charge in [-0.2, -0.15) is 0 Å². The van der Waals surface area contributed by atoms with E-state index in [2.05, 4.69) is 140 Å². The number of aromatic nitrogens is 2. The molecule has 8 aromatic rings. The first-order valence-corrected chi connectivity index (χ1v) is 16.1. The average Bonchev–Trinajstić information content (AvgIpc) is 3.15. The summed E-state index contributed by atoms with van der Waals surface area (Å²) in [5.74, 6) is 0.703. The normalized spacial score (nSPS) is 11.1. The van der Waals surface area contributed by atoms with Crippen molar-refractivity contribution < 1.29 is 0 Å². The van der Waals surface area contributed by atoms with Crippen LogP contribution in [0.25, 0.3) is 78.1 Å². The lowest BCUT2D eigenvalue weighted by atomic mass is 9.92. The van der Waals surface area contributed by atoms with Crippen LogP contribution >= 0.6 is 11.6 Å². The molecule has 8 rings (SSSR count). The number of nitrogens with zero attached hydrogens (tertiary/aromatic N) is 2. The highest BCUT2D eigenvalue weighted by atomic mass is 35.5. The van der Waals surface area contributed by atoms with Gasteiger partial charge in [0, 0.05) is 21.7 Å². The van der Waals surface area contributed by atoms with Gasteiger partial charge in [0.15, 0.2) is 5.82 Å². The Balaban J connectivity index is 1.25. The SMILES string of the molecule is Clc1ccc(-c2ccc(-c3ccc(-c4cc(-c5cccc(-c6ccccc6)c5)nc(-c5ccccc5)n4)c4ccccc34)cc2)cc1. The van der Waals surface area contributed by atoms with Gasteiger partial charge in [0.05, 0.1) is 11.4 Å². The molecule has 3 heteroatoms. The van der Waals surface area contributed by atoms with Crippen molar-refractivity contribution in [3.63, 3.8) is 0 Å². The molecular formula is C44H29ClN2. The first kappa shape index (κ1) is 28.6. The first-order valence-electron chi connectivity index (χ1n) is 15.7. The third-order valence-corrected chi connectivity index (χ3v) is 8.85. The van der Waals surface area contributed by atoms with Gasteiger partial charge in [-0.3, -0.25) is 0 Å². The fourth-order valence-electron chi connectivity index (χ4n) is 6.20. The summed E-state index contributed by atoms with van der Waals surface area (Å²) in [6.07, 6.45) is 0. The Labute approximate surface area is 279 Å². The second-order valence-corrected chi connectivity index (χ2v) is 12.0. The number of hydrogen-bond donors (Lipinski definition) is 0. The van der Waals surface area contributed by atoms with Gasteiger partial charge in [-0.1, -0.05) is 163 Å². The topological polar surface area (TPSA) is 25.8 Å².